The molecule has 1 aromatic heterocycles. The predicted molar refractivity (Wildman–Crippen MR) is 104 cm³/mol. The summed E-state index contributed by atoms with van der Waals surface area (Å²) in [6.07, 6.45) is 3.17. The molecule has 1 aromatic carbocycles. The number of pyridine rings is 1. The fourth-order valence-electron chi connectivity index (χ4n) is 4.45. The Bertz CT molecular complexity index is 861. The van der Waals surface area contributed by atoms with E-state index in [2.05, 4.69) is 35.0 Å². The van der Waals surface area contributed by atoms with Crippen molar-refractivity contribution >= 4 is 0 Å². The van der Waals surface area contributed by atoms with Gasteiger partial charge in [-0.15, -0.1) is 0 Å². The Labute approximate surface area is 154 Å². The second-order valence-electron chi connectivity index (χ2n) is 7.77. The van der Waals surface area contributed by atoms with E-state index in [9.17, 15) is 4.79 Å². The van der Waals surface area contributed by atoms with Crippen LogP contribution in [0.1, 0.15) is 17.5 Å². The lowest BCUT2D eigenvalue weighted by Gasteiger charge is -2.32. The molecule has 0 unspecified atom stereocenters. The van der Waals surface area contributed by atoms with Gasteiger partial charge in [-0.1, -0.05) is 12.1 Å². The average Bonchev–Trinajstić information content (AvgIpc) is 3.18. The monoisotopic (exact) mass is 353 g/mol. The van der Waals surface area contributed by atoms with Gasteiger partial charge in [0.2, 0.25) is 0 Å². The molecular weight excluding hydrogens is 326 g/mol. The number of hydrogen-bond donors (Lipinski definition) is 0. The normalized spacial score (nSPS) is 22.9. The molecule has 5 heteroatoms. The van der Waals surface area contributed by atoms with Gasteiger partial charge in [0.05, 0.1) is 7.11 Å². The van der Waals surface area contributed by atoms with Crippen molar-refractivity contribution in [2.24, 2.45) is 7.05 Å². The molecule has 0 saturated carbocycles. The van der Waals surface area contributed by atoms with Crippen molar-refractivity contribution in [2.75, 3.05) is 27.2 Å². The van der Waals surface area contributed by atoms with Crippen molar-refractivity contribution in [3.8, 4) is 16.9 Å². The third-order valence-electron chi connectivity index (χ3n) is 5.98. The molecule has 0 N–H and O–H groups in total. The van der Waals surface area contributed by atoms with Gasteiger partial charge >= 0.3 is 0 Å². The molecule has 3 heterocycles. The number of nitrogens with zero attached hydrogens (tertiary/aromatic N) is 3. The first-order valence-electron chi connectivity index (χ1n) is 9.25. The van der Waals surface area contributed by atoms with E-state index in [4.69, 9.17) is 4.74 Å². The van der Waals surface area contributed by atoms with E-state index < -0.39 is 0 Å². The molecule has 5 nitrogen and oxygen atoms in total. The fraction of sp³-hybridized carbons (Fsp3) is 0.476. The summed E-state index contributed by atoms with van der Waals surface area (Å²) in [5.41, 5.74) is 4.15. The van der Waals surface area contributed by atoms with E-state index in [0.717, 1.165) is 35.5 Å². The molecule has 2 aliphatic rings. The number of rotatable bonds is 4. The molecule has 2 bridgehead atoms. The van der Waals surface area contributed by atoms with Crippen LogP contribution < -0.4 is 10.3 Å². The van der Waals surface area contributed by atoms with Crippen molar-refractivity contribution in [1.82, 2.24) is 14.4 Å². The third-order valence-corrected chi connectivity index (χ3v) is 5.98. The van der Waals surface area contributed by atoms with Crippen molar-refractivity contribution in [3.63, 3.8) is 0 Å². The van der Waals surface area contributed by atoms with Crippen molar-refractivity contribution < 1.29 is 4.74 Å². The van der Waals surface area contributed by atoms with Gasteiger partial charge in [-0.3, -0.25) is 9.69 Å². The second-order valence-corrected chi connectivity index (χ2v) is 7.77. The van der Waals surface area contributed by atoms with Crippen molar-refractivity contribution in [3.05, 3.63) is 51.9 Å². The Morgan fingerprint density at radius 2 is 1.92 bits per heavy atom. The van der Waals surface area contributed by atoms with Crippen LogP contribution in [0.15, 0.2) is 35.3 Å². The first-order valence-corrected chi connectivity index (χ1v) is 9.25. The van der Waals surface area contributed by atoms with Gasteiger partial charge in [-0.05, 0) is 43.7 Å². The third kappa shape index (κ3) is 2.95. The van der Waals surface area contributed by atoms with Gasteiger partial charge in [0, 0.05) is 56.1 Å². The molecule has 2 saturated heterocycles. The van der Waals surface area contributed by atoms with Crippen LogP contribution in [0.4, 0.5) is 0 Å². The van der Waals surface area contributed by atoms with Gasteiger partial charge in [0.25, 0.3) is 5.56 Å². The van der Waals surface area contributed by atoms with Gasteiger partial charge in [0.15, 0.2) is 0 Å². The largest absolute Gasteiger partial charge is 0.496 e. The summed E-state index contributed by atoms with van der Waals surface area (Å²) in [4.78, 5) is 17.0. The number of likely N-dealkylation sites (N-methyl/N-ethyl adjacent to an activating group) is 1. The van der Waals surface area contributed by atoms with Crippen LogP contribution in [0.3, 0.4) is 0 Å². The summed E-state index contributed by atoms with van der Waals surface area (Å²) in [5, 5.41) is 0. The molecule has 0 aliphatic carbocycles. The number of aromatic nitrogens is 1. The van der Waals surface area contributed by atoms with Gasteiger partial charge < -0.3 is 14.2 Å². The van der Waals surface area contributed by atoms with Crippen LogP contribution in [-0.2, 0) is 13.6 Å². The molecule has 2 aliphatic heterocycles. The van der Waals surface area contributed by atoms with Crippen LogP contribution in [0.25, 0.3) is 11.1 Å². The molecule has 0 amide bonds. The van der Waals surface area contributed by atoms with E-state index in [1.807, 2.05) is 19.2 Å². The van der Waals surface area contributed by atoms with Crippen LogP contribution in [0.5, 0.6) is 5.75 Å². The number of methoxy groups -OCH3 is 1. The summed E-state index contributed by atoms with van der Waals surface area (Å²) in [6.45, 7) is 5.11. The van der Waals surface area contributed by atoms with Crippen LogP contribution >= 0.6 is 0 Å². The molecule has 2 fully saturated rings. The Morgan fingerprint density at radius 1 is 1.12 bits per heavy atom. The maximum atomic E-state index is 11.9. The van der Waals surface area contributed by atoms with Crippen molar-refractivity contribution in [1.29, 1.82) is 0 Å². The number of piperazine rings is 1. The zero-order chi connectivity index (χ0) is 18.4. The quantitative estimate of drug-likeness (QED) is 0.845. The van der Waals surface area contributed by atoms with Crippen LogP contribution in [-0.4, -0.2) is 53.7 Å². The summed E-state index contributed by atoms with van der Waals surface area (Å²) >= 11 is 0. The van der Waals surface area contributed by atoms with E-state index in [0.29, 0.717) is 12.1 Å². The van der Waals surface area contributed by atoms with E-state index in [-0.39, 0.29) is 5.56 Å². The smallest absolute Gasteiger partial charge is 0.253 e. The highest BCUT2D eigenvalue weighted by atomic mass is 16.5. The molecule has 2 atom stereocenters. The molecule has 138 valence electrons. The Morgan fingerprint density at radius 3 is 2.54 bits per heavy atom. The zero-order valence-corrected chi connectivity index (χ0v) is 16.0. The first-order chi connectivity index (χ1) is 12.5. The molecule has 26 heavy (non-hydrogen) atoms. The minimum Gasteiger partial charge on any atom is -0.496 e. The Hall–Kier alpha value is -2.11. The summed E-state index contributed by atoms with van der Waals surface area (Å²) in [6, 6.07) is 9.72. The van der Waals surface area contributed by atoms with Crippen molar-refractivity contribution in [2.45, 2.75) is 32.0 Å². The van der Waals surface area contributed by atoms with Gasteiger partial charge in [-0.2, -0.15) is 0 Å². The minimum absolute atomic E-state index is 0.0476. The molecule has 0 radical (unpaired) electrons. The van der Waals surface area contributed by atoms with Gasteiger partial charge in [-0.25, -0.2) is 0 Å². The lowest BCUT2D eigenvalue weighted by molar-refractivity contribution is 0.142. The number of aryl methyl sites for hydroxylation is 2. The van der Waals surface area contributed by atoms with E-state index in [1.54, 1.807) is 18.7 Å². The number of hydrogen-bond acceptors (Lipinski definition) is 4. The molecule has 4 rings (SSSR count). The number of ether oxygens (including phenoxy) is 1. The Kier molecular flexibility index (Phi) is 4.37. The maximum absolute atomic E-state index is 11.9. The Balaban J connectivity index is 1.60. The highest BCUT2D eigenvalue weighted by Gasteiger charge is 2.41. The highest BCUT2D eigenvalue weighted by Crippen LogP contribution is 2.33. The molecular formula is C21H27N3O2. The SMILES string of the molecule is COc1cc(-c2cc(C)c(=O)n(C)c2)ccc1CN1C[C@H]2C[C@@H]1CN2C. The standard InChI is InChI=1S/C21H27N3O2/c1-14-7-17(10-23(3)21(14)25)15-5-6-16(20(8-15)26-4)11-24-13-18-9-19(24)12-22(18)2/h5-8,10,18-19H,9,11-13H2,1-4H3/t18-,19-/m1/s1. The summed E-state index contributed by atoms with van der Waals surface area (Å²) in [7, 11) is 5.76. The maximum Gasteiger partial charge on any atom is 0.253 e. The zero-order valence-electron chi connectivity index (χ0n) is 16.0. The summed E-state index contributed by atoms with van der Waals surface area (Å²) < 4.78 is 7.34. The lowest BCUT2D eigenvalue weighted by atomic mass is 10.0. The molecule has 2 aromatic rings. The average molecular weight is 353 g/mol. The van der Waals surface area contributed by atoms with E-state index >= 15 is 0 Å². The number of fused-ring (bicyclic) bond motifs is 2. The molecule has 0 spiro atoms. The van der Waals surface area contributed by atoms with Gasteiger partial charge in [0.1, 0.15) is 5.75 Å². The second kappa shape index (κ2) is 6.56. The summed E-state index contributed by atoms with van der Waals surface area (Å²) in [5.74, 6) is 0.921. The van der Waals surface area contributed by atoms with Crippen LogP contribution in [0, 0.1) is 6.92 Å². The minimum atomic E-state index is 0.0476. The predicted octanol–water partition coefficient (Wildman–Crippen LogP) is 2.26. The highest BCUT2D eigenvalue weighted by molar-refractivity contribution is 5.66. The number of benzene rings is 1. The van der Waals surface area contributed by atoms with Crippen LogP contribution in [0.2, 0.25) is 0 Å². The first kappa shape index (κ1) is 17.3. The fourth-order valence-corrected chi connectivity index (χ4v) is 4.45. The topological polar surface area (TPSA) is 37.7 Å². The lowest BCUT2D eigenvalue weighted by Crippen LogP contribution is -2.43. The number of likely N-dealkylation sites (tertiary alicyclic amines) is 2. The van der Waals surface area contributed by atoms with E-state index in [1.165, 1.54) is 18.5 Å².